The molecule has 0 saturated carbocycles. The Morgan fingerprint density at radius 2 is 2.00 bits per heavy atom. The fourth-order valence-electron chi connectivity index (χ4n) is 2.97. The Morgan fingerprint density at radius 3 is 2.60 bits per heavy atom. The maximum Gasteiger partial charge on any atom is 0.250 e. The van der Waals surface area contributed by atoms with Crippen molar-refractivity contribution in [3.05, 3.63) is 0 Å². The summed E-state index contributed by atoms with van der Waals surface area (Å²) in [6.07, 6.45) is 1.80. The number of morpholine rings is 1. The van der Waals surface area contributed by atoms with Crippen LogP contribution in [0.2, 0.25) is 0 Å². The molecule has 2 fully saturated rings. The van der Waals surface area contributed by atoms with E-state index >= 15 is 0 Å². The van der Waals surface area contributed by atoms with Crippen LogP contribution in [0.15, 0.2) is 0 Å². The summed E-state index contributed by atoms with van der Waals surface area (Å²) < 4.78 is 10.8. The summed E-state index contributed by atoms with van der Waals surface area (Å²) in [7, 11) is 1.58. The van der Waals surface area contributed by atoms with Crippen molar-refractivity contribution in [2.75, 3.05) is 40.0 Å². The molecular formula is C14H24N2O4. The normalized spacial score (nSPS) is 26.1. The standard InChI is InChI=1S/C14H24N2O4/c1-3-14(4-7-19-8-5-14)13(18)16-6-9-20-11(10-16)12(17)15-2/h11H,3-10H2,1-2H3,(H,15,17). The highest BCUT2D eigenvalue weighted by Crippen LogP contribution is 2.36. The summed E-state index contributed by atoms with van der Waals surface area (Å²) in [6, 6.07) is 0. The van der Waals surface area contributed by atoms with E-state index in [-0.39, 0.29) is 17.2 Å². The number of nitrogens with zero attached hydrogens (tertiary/aromatic N) is 1. The molecule has 2 aliphatic rings. The van der Waals surface area contributed by atoms with Crippen LogP contribution < -0.4 is 5.32 Å². The van der Waals surface area contributed by atoms with Crippen molar-refractivity contribution in [2.24, 2.45) is 5.41 Å². The number of carbonyl (C=O) groups excluding carboxylic acids is 2. The van der Waals surface area contributed by atoms with Crippen molar-refractivity contribution < 1.29 is 19.1 Å². The number of ether oxygens (including phenoxy) is 2. The van der Waals surface area contributed by atoms with E-state index in [2.05, 4.69) is 12.2 Å². The Hall–Kier alpha value is -1.14. The summed E-state index contributed by atoms with van der Waals surface area (Å²) in [5.74, 6) is -0.0134. The highest BCUT2D eigenvalue weighted by Gasteiger charge is 2.42. The van der Waals surface area contributed by atoms with Crippen LogP contribution in [0.4, 0.5) is 0 Å². The number of hydrogen-bond donors (Lipinski definition) is 1. The molecule has 0 spiro atoms. The maximum atomic E-state index is 12.8. The molecule has 2 heterocycles. The van der Waals surface area contributed by atoms with Gasteiger partial charge in [0.25, 0.3) is 5.91 Å². The van der Waals surface area contributed by atoms with Crippen molar-refractivity contribution >= 4 is 11.8 Å². The fourth-order valence-corrected chi connectivity index (χ4v) is 2.97. The lowest BCUT2D eigenvalue weighted by molar-refractivity contribution is -0.158. The fraction of sp³-hybridized carbons (Fsp3) is 0.857. The zero-order valence-electron chi connectivity index (χ0n) is 12.3. The Balaban J connectivity index is 2.05. The van der Waals surface area contributed by atoms with Crippen molar-refractivity contribution in [2.45, 2.75) is 32.3 Å². The molecule has 0 radical (unpaired) electrons. The predicted octanol–water partition coefficient (Wildman–Crippen LogP) is 0.167. The zero-order chi connectivity index (χ0) is 14.6. The van der Waals surface area contributed by atoms with Crippen LogP contribution in [0.1, 0.15) is 26.2 Å². The highest BCUT2D eigenvalue weighted by atomic mass is 16.5. The monoisotopic (exact) mass is 284 g/mol. The summed E-state index contributed by atoms with van der Waals surface area (Å²) in [6.45, 7) is 4.67. The molecule has 6 nitrogen and oxygen atoms in total. The average Bonchev–Trinajstić information content (AvgIpc) is 2.54. The van der Waals surface area contributed by atoms with E-state index in [4.69, 9.17) is 9.47 Å². The van der Waals surface area contributed by atoms with Gasteiger partial charge in [-0.25, -0.2) is 0 Å². The van der Waals surface area contributed by atoms with Gasteiger partial charge in [0, 0.05) is 26.8 Å². The molecule has 0 bridgehead atoms. The van der Waals surface area contributed by atoms with Gasteiger partial charge in [-0.15, -0.1) is 0 Å². The van der Waals surface area contributed by atoms with Crippen LogP contribution in [0, 0.1) is 5.41 Å². The molecule has 6 heteroatoms. The molecule has 2 rings (SSSR count). The van der Waals surface area contributed by atoms with Gasteiger partial charge in [-0.2, -0.15) is 0 Å². The van der Waals surface area contributed by atoms with Crippen LogP contribution in [0.25, 0.3) is 0 Å². The molecule has 2 amide bonds. The molecule has 0 aromatic rings. The maximum absolute atomic E-state index is 12.8. The molecule has 20 heavy (non-hydrogen) atoms. The SMILES string of the molecule is CCC1(C(=O)N2CCOC(C(=O)NC)C2)CCOCC1. The van der Waals surface area contributed by atoms with Gasteiger partial charge in [0.05, 0.1) is 18.6 Å². The van der Waals surface area contributed by atoms with E-state index < -0.39 is 6.10 Å². The molecule has 0 aliphatic carbocycles. The Morgan fingerprint density at radius 1 is 1.30 bits per heavy atom. The summed E-state index contributed by atoms with van der Waals surface area (Å²) in [4.78, 5) is 26.3. The van der Waals surface area contributed by atoms with E-state index in [1.165, 1.54) is 0 Å². The quantitative estimate of drug-likeness (QED) is 0.802. The molecule has 1 N–H and O–H groups in total. The number of nitrogens with one attached hydrogen (secondary N) is 1. The van der Waals surface area contributed by atoms with Gasteiger partial charge in [0.15, 0.2) is 6.10 Å². The van der Waals surface area contributed by atoms with Gasteiger partial charge in [-0.3, -0.25) is 9.59 Å². The summed E-state index contributed by atoms with van der Waals surface area (Å²) in [5, 5.41) is 2.58. The number of rotatable bonds is 3. The Kier molecular flexibility index (Phi) is 4.99. The number of carbonyl (C=O) groups is 2. The van der Waals surface area contributed by atoms with Crippen molar-refractivity contribution in [3.63, 3.8) is 0 Å². The number of likely N-dealkylation sites (N-methyl/N-ethyl adjacent to an activating group) is 1. The zero-order valence-corrected chi connectivity index (χ0v) is 12.3. The third-order valence-electron chi connectivity index (χ3n) is 4.47. The van der Waals surface area contributed by atoms with Gasteiger partial charge in [0.2, 0.25) is 5.91 Å². The van der Waals surface area contributed by atoms with E-state index in [0.29, 0.717) is 32.9 Å². The first-order chi connectivity index (χ1) is 9.63. The van der Waals surface area contributed by atoms with Crippen molar-refractivity contribution in [1.29, 1.82) is 0 Å². The second-order valence-corrected chi connectivity index (χ2v) is 5.47. The highest BCUT2D eigenvalue weighted by molar-refractivity contribution is 5.85. The van der Waals surface area contributed by atoms with Crippen LogP contribution in [-0.4, -0.2) is 62.8 Å². The molecular weight excluding hydrogens is 260 g/mol. The Labute approximate surface area is 119 Å². The summed E-state index contributed by atoms with van der Waals surface area (Å²) in [5.41, 5.74) is -0.317. The second kappa shape index (κ2) is 6.54. The minimum atomic E-state index is -0.550. The van der Waals surface area contributed by atoms with Crippen LogP contribution in [0.5, 0.6) is 0 Å². The molecule has 0 aromatic carbocycles. The van der Waals surface area contributed by atoms with Crippen molar-refractivity contribution in [3.8, 4) is 0 Å². The van der Waals surface area contributed by atoms with Crippen LogP contribution in [0.3, 0.4) is 0 Å². The van der Waals surface area contributed by atoms with Gasteiger partial charge < -0.3 is 19.7 Å². The lowest BCUT2D eigenvalue weighted by Gasteiger charge is -2.41. The number of hydrogen-bond acceptors (Lipinski definition) is 4. The van der Waals surface area contributed by atoms with Crippen molar-refractivity contribution in [1.82, 2.24) is 10.2 Å². The smallest absolute Gasteiger partial charge is 0.250 e. The van der Waals surface area contributed by atoms with E-state index in [1.54, 1.807) is 11.9 Å². The van der Waals surface area contributed by atoms with Gasteiger partial charge in [0.1, 0.15) is 0 Å². The van der Waals surface area contributed by atoms with E-state index in [0.717, 1.165) is 19.3 Å². The lowest BCUT2D eigenvalue weighted by Crippen LogP contribution is -2.55. The molecule has 0 aromatic heterocycles. The van der Waals surface area contributed by atoms with Gasteiger partial charge in [-0.1, -0.05) is 6.92 Å². The largest absolute Gasteiger partial charge is 0.381 e. The predicted molar refractivity (Wildman–Crippen MR) is 73.2 cm³/mol. The second-order valence-electron chi connectivity index (χ2n) is 5.47. The third kappa shape index (κ3) is 2.96. The first-order valence-corrected chi connectivity index (χ1v) is 7.33. The lowest BCUT2D eigenvalue weighted by atomic mass is 9.76. The van der Waals surface area contributed by atoms with Crippen LogP contribution in [-0.2, 0) is 19.1 Å². The molecule has 1 atom stereocenters. The average molecular weight is 284 g/mol. The van der Waals surface area contributed by atoms with Gasteiger partial charge >= 0.3 is 0 Å². The van der Waals surface area contributed by atoms with Crippen LogP contribution >= 0.6 is 0 Å². The third-order valence-corrected chi connectivity index (χ3v) is 4.47. The molecule has 2 aliphatic heterocycles. The van der Waals surface area contributed by atoms with E-state index in [1.807, 2.05) is 0 Å². The molecule has 114 valence electrons. The first kappa shape index (κ1) is 15.3. The molecule has 2 saturated heterocycles. The minimum absolute atomic E-state index is 0.153. The summed E-state index contributed by atoms with van der Waals surface area (Å²) >= 11 is 0. The Bertz CT molecular complexity index is 366. The molecule has 1 unspecified atom stereocenters. The minimum Gasteiger partial charge on any atom is -0.381 e. The van der Waals surface area contributed by atoms with Gasteiger partial charge in [-0.05, 0) is 19.3 Å². The number of amides is 2. The topological polar surface area (TPSA) is 67.9 Å². The first-order valence-electron chi connectivity index (χ1n) is 7.33. The van der Waals surface area contributed by atoms with E-state index in [9.17, 15) is 9.59 Å².